The van der Waals surface area contributed by atoms with E-state index in [1.807, 2.05) is 13.0 Å². The van der Waals surface area contributed by atoms with Crippen molar-refractivity contribution in [2.24, 2.45) is 5.73 Å². The molecule has 4 heteroatoms. The summed E-state index contributed by atoms with van der Waals surface area (Å²) in [5, 5.41) is 0. The zero-order valence-corrected chi connectivity index (χ0v) is 9.60. The molecule has 0 radical (unpaired) electrons. The summed E-state index contributed by atoms with van der Waals surface area (Å²) in [4.78, 5) is 8.24. The molecule has 1 aromatic rings. The standard InChI is InChI=1S/C11H19N3O/c1-4-9(12)8(3)10-6-11(15-5-2)14-7-13-10/h6-9H,4-5,12H2,1-3H3. The Balaban J connectivity index is 2.80. The third-order valence-corrected chi connectivity index (χ3v) is 2.54. The molecule has 84 valence electrons. The van der Waals surface area contributed by atoms with Crippen LogP contribution < -0.4 is 10.5 Å². The Labute approximate surface area is 90.9 Å². The lowest BCUT2D eigenvalue weighted by atomic mass is 9.97. The van der Waals surface area contributed by atoms with Crippen molar-refractivity contribution in [1.29, 1.82) is 0 Å². The van der Waals surface area contributed by atoms with E-state index in [4.69, 9.17) is 10.5 Å². The second-order valence-electron chi connectivity index (χ2n) is 3.57. The molecule has 1 heterocycles. The second-order valence-corrected chi connectivity index (χ2v) is 3.57. The van der Waals surface area contributed by atoms with Crippen LogP contribution in [0.25, 0.3) is 0 Å². The largest absolute Gasteiger partial charge is 0.478 e. The molecule has 0 aliphatic rings. The molecule has 0 aliphatic carbocycles. The topological polar surface area (TPSA) is 61.0 Å². The summed E-state index contributed by atoms with van der Waals surface area (Å²) in [6.45, 7) is 6.70. The number of ether oxygens (including phenoxy) is 1. The fourth-order valence-corrected chi connectivity index (χ4v) is 1.40. The van der Waals surface area contributed by atoms with Gasteiger partial charge in [-0.2, -0.15) is 0 Å². The lowest BCUT2D eigenvalue weighted by Gasteiger charge is -2.17. The van der Waals surface area contributed by atoms with Gasteiger partial charge in [0.2, 0.25) is 5.88 Å². The molecule has 2 N–H and O–H groups in total. The van der Waals surface area contributed by atoms with Gasteiger partial charge < -0.3 is 10.5 Å². The summed E-state index contributed by atoms with van der Waals surface area (Å²) >= 11 is 0. The Hall–Kier alpha value is -1.16. The zero-order valence-electron chi connectivity index (χ0n) is 9.60. The monoisotopic (exact) mass is 209 g/mol. The van der Waals surface area contributed by atoms with Crippen LogP contribution in [-0.4, -0.2) is 22.6 Å². The summed E-state index contributed by atoms with van der Waals surface area (Å²) in [6.07, 6.45) is 2.47. The maximum Gasteiger partial charge on any atom is 0.216 e. The van der Waals surface area contributed by atoms with Gasteiger partial charge in [-0.1, -0.05) is 13.8 Å². The zero-order chi connectivity index (χ0) is 11.3. The van der Waals surface area contributed by atoms with E-state index in [9.17, 15) is 0 Å². The molecule has 0 aromatic carbocycles. The summed E-state index contributed by atoms with van der Waals surface area (Å²) in [5.41, 5.74) is 6.92. The van der Waals surface area contributed by atoms with E-state index in [0.717, 1.165) is 12.1 Å². The molecular formula is C11H19N3O. The van der Waals surface area contributed by atoms with Crippen LogP contribution in [0.1, 0.15) is 38.8 Å². The smallest absolute Gasteiger partial charge is 0.216 e. The van der Waals surface area contributed by atoms with Crippen molar-refractivity contribution in [2.75, 3.05) is 6.61 Å². The molecule has 0 fully saturated rings. The highest BCUT2D eigenvalue weighted by Gasteiger charge is 2.15. The first-order valence-corrected chi connectivity index (χ1v) is 5.39. The Morgan fingerprint density at radius 2 is 2.13 bits per heavy atom. The van der Waals surface area contributed by atoms with Crippen molar-refractivity contribution in [3.8, 4) is 5.88 Å². The molecule has 0 aliphatic heterocycles. The minimum Gasteiger partial charge on any atom is -0.478 e. The average Bonchev–Trinajstić information content (AvgIpc) is 2.28. The maximum atomic E-state index is 5.97. The molecule has 0 spiro atoms. The number of rotatable bonds is 5. The van der Waals surface area contributed by atoms with Crippen LogP contribution in [0.5, 0.6) is 5.88 Å². The Kier molecular flexibility index (Phi) is 4.49. The molecular weight excluding hydrogens is 190 g/mol. The first-order chi connectivity index (χ1) is 7.19. The highest BCUT2D eigenvalue weighted by Crippen LogP contribution is 2.19. The number of aromatic nitrogens is 2. The molecule has 0 bridgehead atoms. The van der Waals surface area contributed by atoms with E-state index in [-0.39, 0.29) is 12.0 Å². The van der Waals surface area contributed by atoms with Crippen molar-refractivity contribution in [1.82, 2.24) is 9.97 Å². The van der Waals surface area contributed by atoms with E-state index in [1.165, 1.54) is 6.33 Å². The van der Waals surface area contributed by atoms with E-state index >= 15 is 0 Å². The van der Waals surface area contributed by atoms with Gasteiger partial charge in [-0.15, -0.1) is 0 Å². The molecule has 1 aromatic heterocycles. The van der Waals surface area contributed by atoms with E-state index in [0.29, 0.717) is 12.5 Å². The Morgan fingerprint density at radius 3 is 2.73 bits per heavy atom. The van der Waals surface area contributed by atoms with Crippen molar-refractivity contribution >= 4 is 0 Å². The van der Waals surface area contributed by atoms with Crippen LogP contribution in [-0.2, 0) is 0 Å². The number of nitrogens with two attached hydrogens (primary N) is 1. The third-order valence-electron chi connectivity index (χ3n) is 2.54. The normalized spacial score (nSPS) is 14.7. The van der Waals surface area contributed by atoms with Crippen molar-refractivity contribution in [3.05, 3.63) is 18.1 Å². The maximum absolute atomic E-state index is 5.97. The van der Waals surface area contributed by atoms with Gasteiger partial charge in [-0.25, -0.2) is 9.97 Å². The van der Waals surface area contributed by atoms with Gasteiger partial charge in [0.15, 0.2) is 0 Å². The van der Waals surface area contributed by atoms with Gasteiger partial charge in [-0.3, -0.25) is 0 Å². The predicted molar refractivity (Wildman–Crippen MR) is 59.9 cm³/mol. The average molecular weight is 209 g/mol. The van der Waals surface area contributed by atoms with E-state index in [2.05, 4.69) is 23.8 Å². The number of hydrogen-bond acceptors (Lipinski definition) is 4. The molecule has 0 saturated heterocycles. The molecule has 4 nitrogen and oxygen atoms in total. The van der Waals surface area contributed by atoms with Gasteiger partial charge in [0.25, 0.3) is 0 Å². The molecule has 0 amide bonds. The molecule has 2 atom stereocenters. The summed E-state index contributed by atoms with van der Waals surface area (Å²) in [5.74, 6) is 0.856. The minimum atomic E-state index is 0.134. The molecule has 0 saturated carbocycles. The van der Waals surface area contributed by atoms with Gasteiger partial charge >= 0.3 is 0 Å². The summed E-state index contributed by atoms with van der Waals surface area (Å²) in [6, 6.07) is 2.00. The van der Waals surface area contributed by atoms with Crippen molar-refractivity contribution in [2.45, 2.75) is 39.2 Å². The predicted octanol–water partition coefficient (Wildman–Crippen LogP) is 1.72. The fourth-order valence-electron chi connectivity index (χ4n) is 1.40. The summed E-state index contributed by atoms with van der Waals surface area (Å²) in [7, 11) is 0. The summed E-state index contributed by atoms with van der Waals surface area (Å²) < 4.78 is 5.32. The lowest BCUT2D eigenvalue weighted by Crippen LogP contribution is -2.26. The van der Waals surface area contributed by atoms with Crippen LogP contribution in [0.4, 0.5) is 0 Å². The van der Waals surface area contributed by atoms with Gasteiger partial charge in [-0.05, 0) is 13.3 Å². The van der Waals surface area contributed by atoms with Gasteiger partial charge in [0, 0.05) is 18.0 Å². The minimum absolute atomic E-state index is 0.134. The van der Waals surface area contributed by atoms with Crippen LogP contribution in [0, 0.1) is 0 Å². The highest BCUT2D eigenvalue weighted by atomic mass is 16.5. The quantitative estimate of drug-likeness (QED) is 0.802. The fraction of sp³-hybridized carbons (Fsp3) is 0.636. The molecule has 2 unspecified atom stereocenters. The van der Waals surface area contributed by atoms with E-state index < -0.39 is 0 Å². The first-order valence-electron chi connectivity index (χ1n) is 5.39. The Morgan fingerprint density at radius 1 is 1.40 bits per heavy atom. The second kappa shape index (κ2) is 5.66. The van der Waals surface area contributed by atoms with Crippen molar-refractivity contribution < 1.29 is 4.74 Å². The highest BCUT2D eigenvalue weighted by molar-refractivity contribution is 5.17. The van der Waals surface area contributed by atoms with Crippen LogP contribution in [0.2, 0.25) is 0 Å². The van der Waals surface area contributed by atoms with E-state index in [1.54, 1.807) is 0 Å². The van der Waals surface area contributed by atoms with Crippen molar-refractivity contribution in [3.63, 3.8) is 0 Å². The van der Waals surface area contributed by atoms with Crippen LogP contribution in [0.15, 0.2) is 12.4 Å². The van der Waals surface area contributed by atoms with Crippen LogP contribution in [0.3, 0.4) is 0 Å². The third kappa shape index (κ3) is 3.16. The van der Waals surface area contributed by atoms with Gasteiger partial charge in [0.05, 0.1) is 12.3 Å². The SMILES string of the molecule is CCOc1cc(C(C)C(N)CC)ncn1. The van der Waals surface area contributed by atoms with Crippen LogP contribution >= 0.6 is 0 Å². The lowest BCUT2D eigenvalue weighted by molar-refractivity contribution is 0.325. The molecule has 1 rings (SSSR count). The van der Waals surface area contributed by atoms with Gasteiger partial charge in [0.1, 0.15) is 6.33 Å². The molecule has 15 heavy (non-hydrogen) atoms. The number of nitrogens with zero attached hydrogens (tertiary/aromatic N) is 2. The Bertz CT molecular complexity index is 304. The first kappa shape index (κ1) is 11.9. The number of hydrogen-bond donors (Lipinski definition) is 1.